The summed E-state index contributed by atoms with van der Waals surface area (Å²) in [4.78, 5) is 25.3. The maximum atomic E-state index is 12.2. The fraction of sp³-hybridized carbons (Fsp3) is 0.429. The van der Waals surface area contributed by atoms with Crippen molar-refractivity contribution in [2.24, 2.45) is 0 Å². The van der Waals surface area contributed by atoms with E-state index in [0.29, 0.717) is 0 Å². The molecule has 1 saturated heterocycles. The van der Waals surface area contributed by atoms with E-state index in [1.165, 1.54) is 10.5 Å². The lowest BCUT2D eigenvalue weighted by atomic mass is 10.1. The normalized spacial score (nSPS) is 19.4. The molecule has 1 atom stereocenters. The average Bonchev–Trinajstić information content (AvgIpc) is 2.58. The second-order valence-corrected chi connectivity index (χ2v) is 6.08. The van der Waals surface area contributed by atoms with Crippen molar-refractivity contribution in [3.05, 3.63) is 29.3 Å². The van der Waals surface area contributed by atoms with Gasteiger partial charge in [-0.25, -0.2) is 0 Å². The van der Waals surface area contributed by atoms with Crippen molar-refractivity contribution in [2.75, 3.05) is 5.32 Å². The van der Waals surface area contributed by atoms with Gasteiger partial charge in [-0.1, -0.05) is 17.7 Å². The molecule has 0 unspecified atom stereocenters. The van der Waals surface area contributed by atoms with Gasteiger partial charge < -0.3 is 5.32 Å². The molecule has 102 valence electrons. The van der Waals surface area contributed by atoms with Crippen molar-refractivity contribution in [1.29, 1.82) is 0 Å². The number of amides is 2. The predicted molar refractivity (Wildman–Crippen MR) is 78.3 cm³/mol. The van der Waals surface area contributed by atoms with E-state index in [0.717, 1.165) is 23.0 Å². The average molecular weight is 278 g/mol. The number of nitrogens with zero attached hydrogens (tertiary/aromatic N) is 1. The first-order chi connectivity index (χ1) is 8.90. The van der Waals surface area contributed by atoms with Crippen LogP contribution in [-0.2, 0) is 4.79 Å². The summed E-state index contributed by atoms with van der Waals surface area (Å²) in [5, 5.41) is 2.46. The second-order valence-electron chi connectivity index (χ2n) is 5.03. The zero-order valence-electron chi connectivity index (χ0n) is 11.6. The molecule has 1 aliphatic heterocycles. The molecule has 0 spiro atoms. The van der Waals surface area contributed by atoms with Gasteiger partial charge in [0, 0.05) is 11.7 Å². The summed E-state index contributed by atoms with van der Waals surface area (Å²) in [6, 6.07) is 5.88. The molecule has 0 aromatic heterocycles. The third-order valence-electron chi connectivity index (χ3n) is 3.06. The lowest BCUT2D eigenvalue weighted by molar-refractivity contribution is -0.127. The number of imide groups is 1. The molecular formula is C14H18N2O2S. The number of thioether (sulfide) groups is 1. The molecular weight excluding hydrogens is 260 g/mol. The number of nitrogens with one attached hydrogen (secondary N) is 1. The van der Waals surface area contributed by atoms with E-state index in [1.807, 2.05) is 39.8 Å². The van der Waals surface area contributed by atoms with E-state index >= 15 is 0 Å². The smallest absolute Gasteiger partial charge is 0.291 e. The lowest BCUT2D eigenvalue weighted by Crippen LogP contribution is -2.39. The summed E-state index contributed by atoms with van der Waals surface area (Å²) < 4.78 is 0. The Labute approximate surface area is 117 Å². The lowest BCUT2D eigenvalue weighted by Gasteiger charge is -2.18. The molecule has 0 radical (unpaired) electrons. The van der Waals surface area contributed by atoms with Gasteiger partial charge in [-0.3, -0.25) is 14.5 Å². The quantitative estimate of drug-likeness (QED) is 0.922. The molecule has 1 fully saturated rings. The highest BCUT2D eigenvalue weighted by atomic mass is 32.2. The molecule has 2 amide bonds. The van der Waals surface area contributed by atoms with Crippen molar-refractivity contribution in [3.8, 4) is 0 Å². The van der Waals surface area contributed by atoms with Crippen LogP contribution in [0.3, 0.4) is 0 Å². The highest BCUT2D eigenvalue weighted by molar-refractivity contribution is 8.15. The van der Waals surface area contributed by atoms with E-state index in [9.17, 15) is 9.59 Å². The van der Waals surface area contributed by atoms with Crippen molar-refractivity contribution in [1.82, 2.24) is 4.90 Å². The third kappa shape index (κ3) is 2.76. The molecule has 5 heteroatoms. The summed E-state index contributed by atoms with van der Waals surface area (Å²) in [5.74, 6) is -0.162. The molecule has 0 aliphatic carbocycles. The first kappa shape index (κ1) is 13.9. The molecule has 1 N–H and O–H groups in total. The Morgan fingerprint density at radius 1 is 1.26 bits per heavy atom. The van der Waals surface area contributed by atoms with Crippen LogP contribution in [0.15, 0.2) is 18.2 Å². The first-order valence-electron chi connectivity index (χ1n) is 6.27. The van der Waals surface area contributed by atoms with E-state index in [1.54, 1.807) is 0 Å². The van der Waals surface area contributed by atoms with Crippen LogP contribution in [0.5, 0.6) is 0 Å². The van der Waals surface area contributed by atoms with Gasteiger partial charge in [0.15, 0.2) is 5.37 Å². The summed E-state index contributed by atoms with van der Waals surface area (Å²) in [7, 11) is 0. The third-order valence-corrected chi connectivity index (χ3v) is 4.02. The van der Waals surface area contributed by atoms with Crippen LogP contribution >= 0.6 is 11.8 Å². The number of rotatable bonds is 3. The molecule has 0 bridgehead atoms. The van der Waals surface area contributed by atoms with Gasteiger partial charge in [0.2, 0.25) is 0 Å². The van der Waals surface area contributed by atoms with Gasteiger partial charge in [0.25, 0.3) is 11.1 Å². The van der Waals surface area contributed by atoms with Crippen LogP contribution in [0.1, 0.15) is 25.0 Å². The van der Waals surface area contributed by atoms with Gasteiger partial charge in [0.05, 0.1) is 0 Å². The van der Waals surface area contributed by atoms with Crippen LogP contribution in [0, 0.1) is 13.8 Å². The number of aryl methyl sites for hydroxylation is 2. The topological polar surface area (TPSA) is 49.4 Å². The Balaban J connectivity index is 2.16. The number of anilines is 1. The van der Waals surface area contributed by atoms with Crippen molar-refractivity contribution < 1.29 is 9.59 Å². The minimum Gasteiger partial charge on any atom is -0.365 e. The van der Waals surface area contributed by atoms with Gasteiger partial charge in [-0.2, -0.15) is 0 Å². The van der Waals surface area contributed by atoms with Gasteiger partial charge >= 0.3 is 0 Å². The van der Waals surface area contributed by atoms with E-state index in [4.69, 9.17) is 0 Å². The SMILES string of the molecule is Cc1ccc(N[C@@H]2SC(=O)N(C(C)C)C2=O)c(C)c1. The Bertz CT molecular complexity index is 528. The Hall–Kier alpha value is -1.49. The van der Waals surface area contributed by atoms with E-state index in [2.05, 4.69) is 11.4 Å². The zero-order valence-corrected chi connectivity index (χ0v) is 12.4. The number of hydrogen-bond donors (Lipinski definition) is 1. The molecule has 1 heterocycles. The maximum Gasteiger partial charge on any atom is 0.291 e. The number of hydrogen-bond acceptors (Lipinski definition) is 4. The van der Waals surface area contributed by atoms with Gasteiger partial charge in [-0.05, 0) is 51.1 Å². The predicted octanol–water partition coefficient (Wildman–Crippen LogP) is 3.15. The molecule has 2 rings (SSSR count). The van der Waals surface area contributed by atoms with Crippen LogP contribution < -0.4 is 5.32 Å². The van der Waals surface area contributed by atoms with E-state index < -0.39 is 5.37 Å². The number of benzene rings is 1. The zero-order chi connectivity index (χ0) is 14.2. The standard InChI is InChI=1S/C14H18N2O2S/c1-8(2)16-13(17)12(19-14(16)18)15-11-6-5-9(3)7-10(11)4/h5-8,12,15H,1-4H3/t12-/m1/s1. The van der Waals surface area contributed by atoms with Gasteiger partial charge in [-0.15, -0.1) is 0 Å². The van der Waals surface area contributed by atoms with Crippen LogP contribution in [-0.4, -0.2) is 27.5 Å². The van der Waals surface area contributed by atoms with E-state index in [-0.39, 0.29) is 17.2 Å². The maximum absolute atomic E-state index is 12.2. The van der Waals surface area contributed by atoms with Crippen molar-refractivity contribution in [2.45, 2.75) is 39.1 Å². The first-order valence-corrected chi connectivity index (χ1v) is 7.15. The molecule has 0 saturated carbocycles. The van der Waals surface area contributed by atoms with Crippen LogP contribution in [0.25, 0.3) is 0 Å². The highest BCUT2D eigenvalue weighted by Gasteiger charge is 2.41. The molecule has 1 aromatic rings. The highest BCUT2D eigenvalue weighted by Crippen LogP contribution is 2.30. The number of carbonyl (C=O) groups excluding carboxylic acids is 2. The second kappa shape index (κ2) is 5.25. The Morgan fingerprint density at radius 3 is 2.47 bits per heavy atom. The Morgan fingerprint density at radius 2 is 1.95 bits per heavy atom. The minimum atomic E-state index is -0.517. The fourth-order valence-electron chi connectivity index (χ4n) is 2.10. The minimum absolute atomic E-state index is 0.0987. The molecule has 1 aromatic carbocycles. The van der Waals surface area contributed by atoms with Crippen LogP contribution in [0.2, 0.25) is 0 Å². The largest absolute Gasteiger partial charge is 0.365 e. The summed E-state index contributed by atoms with van der Waals surface area (Å²) in [6.07, 6.45) is 0. The monoisotopic (exact) mass is 278 g/mol. The Kier molecular flexibility index (Phi) is 3.85. The van der Waals surface area contributed by atoms with Crippen LogP contribution in [0.4, 0.5) is 10.5 Å². The van der Waals surface area contributed by atoms with Crippen molar-refractivity contribution in [3.63, 3.8) is 0 Å². The number of carbonyl (C=O) groups is 2. The molecule has 4 nitrogen and oxygen atoms in total. The molecule has 1 aliphatic rings. The summed E-state index contributed by atoms with van der Waals surface area (Å²) in [5.41, 5.74) is 3.15. The molecule has 19 heavy (non-hydrogen) atoms. The summed E-state index contributed by atoms with van der Waals surface area (Å²) >= 11 is 1.04. The van der Waals surface area contributed by atoms with Crippen molar-refractivity contribution >= 4 is 28.6 Å². The fourth-order valence-corrected chi connectivity index (χ4v) is 3.11. The van der Waals surface area contributed by atoms with Gasteiger partial charge in [0.1, 0.15) is 0 Å². The summed E-state index contributed by atoms with van der Waals surface area (Å²) in [6.45, 7) is 7.70.